The number of hydrogen-bond donors (Lipinski definition) is 0. The molecule has 4 rings (SSSR count). The Labute approximate surface area is 173 Å². The van der Waals surface area contributed by atoms with Crippen molar-refractivity contribution in [3.63, 3.8) is 0 Å². The summed E-state index contributed by atoms with van der Waals surface area (Å²) in [7, 11) is 0. The molecule has 0 N–H and O–H groups in total. The molecule has 4 aliphatic rings. The highest BCUT2D eigenvalue weighted by molar-refractivity contribution is 5.93. The zero-order valence-corrected chi connectivity index (χ0v) is 18.1. The minimum atomic E-state index is -1.23. The Morgan fingerprint density at radius 1 is 1.10 bits per heavy atom. The smallest absolute Gasteiger partial charge is 0.303 e. The fraction of sp³-hybridized carbons (Fsp3) is 0.640. The van der Waals surface area contributed by atoms with Gasteiger partial charge >= 0.3 is 5.97 Å². The lowest BCUT2D eigenvalue weighted by Crippen LogP contribution is -2.59. The normalized spacial score (nSPS) is 43.8. The highest BCUT2D eigenvalue weighted by Crippen LogP contribution is 2.69. The van der Waals surface area contributed by atoms with Crippen molar-refractivity contribution in [3.8, 4) is 0 Å². The van der Waals surface area contributed by atoms with Gasteiger partial charge < -0.3 is 4.74 Å². The van der Waals surface area contributed by atoms with Crippen molar-refractivity contribution in [1.29, 1.82) is 0 Å². The summed E-state index contributed by atoms with van der Waals surface area (Å²) < 4.78 is 5.83. The highest BCUT2D eigenvalue weighted by Gasteiger charge is 2.69. The Morgan fingerprint density at radius 2 is 1.79 bits per heavy atom. The van der Waals surface area contributed by atoms with E-state index < -0.39 is 17.0 Å². The fourth-order valence-electron chi connectivity index (χ4n) is 7.64. The summed E-state index contributed by atoms with van der Waals surface area (Å²) in [4.78, 5) is 37.0. The molecule has 0 aliphatic heterocycles. The van der Waals surface area contributed by atoms with E-state index in [0.717, 1.165) is 42.4 Å². The van der Waals surface area contributed by atoms with E-state index in [1.54, 1.807) is 0 Å². The van der Waals surface area contributed by atoms with E-state index in [1.165, 1.54) is 13.8 Å². The van der Waals surface area contributed by atoms with Crippen LogP contribution in [0.25, 0.3) is 0 Å². The number of esters is 1. The molecular weight excluding hydrogens is 364 g/mol. The van der Waals surface area contributed by atoms with Crippen molar-refractivity contribution in [3.05, 3.63) is 36.0 Å². The lowest BCUT2D eigenvalue weighted by atomic mass is 9.45. The summed E-state index contributed by atoms with van der Waals surface area (Å²) in [6.07, 6.45) is 6.60. The Morgan fingerprint density at radius 3 is 2.41 bits per heavy atom. The molecular formula is C25H32O4. The van der Waals surface area contributed by atoms with Crippen molar-refractivity contribution in [2.45, 2.75) is 71.8 Å². The molecule has 6 atom stereocenters. The van der Waals surface area contributed by atoms with Crippen LogP contribution in [-0.2, 0) is 19.1 Å². The molecule has 0 aromatic carbocycles. The molecule has 0 spiro atoms. The van der Waals surface area contributed by atoms with Gasteiger partial charge in [-0.15, -0.1) is 0 Å². The Hall–Kier alpha value is -1.97. The highest BCUT2D eigenvalue weighted by atomic mass is 16.6. The maximum absolute atomic E-state index is 12.9. The first-order chi connectivity index (χ1) is 13.5. The van der Waals surface area contributed by atoms with Crippen molar-refractivity contribution >= 4 is 17.5 Å². The van der Waals surface area contributed by atoms with E-state index in [2.05, 4.69) is 27.0 Å². The van der Waals surface area contributed by atoms with Gasteiger partial charge in [-0.25, -0.2) is 0 Å². The topological polar surface area (TPSA) is 60.4 Å². The van der Waals surface area contributed by atoms with E-state index in [1.807, 2.05) is 6.08 Å². The molecule has 0 radical (unpaired) electrons. The second kappa shape index (κ2) is 6.26. The lowest BCUT2D eigenvalue weighted by molar-refractivity contribution is -0.181. The van der Waals surface area contributed by atoms with Crippen molar-refractivity contribution < 1.29 is 19.1 Å². The largest absolute Gasteiger partial charge is 0.446 e. The molecule has 4 heteroatoms. The van der Waals surface area contributed by atoms with Crippen LogP contribution < -0.4 is 0 Å². The summed E-state index contributed by atoms with van der Waals surface area (Å²) in [6.45, 7) is 15.9. The van der Waals surface area contributed by atoms with Gasteiger partial charge in [-0.1, -0.05) is 32.6 Å². The van der Waals surface area contributed by atoms with Crippen molar-refractivity contribution in [2.75, 3.05) is 0 Å². The molecule has 0 saturated heterocycles. The van der Waals surface area contributed by atoms with Crippen LogP contribution in [0, 0.1) is 28.6 Å². The molecule has 0 heterocycles. The number of carbonyl (C=O) groups is 3. The van der Waals surface area contributed by atoms with Crippen LogP contribution >= 0.6 is 0 Å². The van der Waals surface area contributed by atoms with E-state index in [9.17, 15) is 14.4 Å². The number of hydrogen-bond acceptors (Lipinski definition) is 4. The monoisotopic (exact) mass is 396 g/mol. The second-order valence-corrected chi connectivity index (χ2v) is 10.2. The van der Waals surface area contributed by atoms with Crippen LogP contribution in [0.15, 0.2) is 36.0 Å². The van der Waals surface area contributed by atoms with Crippen molar-refractivity contribution in [1.82, 2.24) is 0 Å². The van der Waals surface area contributed by atoms with Gasteiger partial charge in [-0.3, -0.25) is 14.4 Å². The molecule has 0 amide bonds. The van der Waals surface area contributed by atoms with Gasteiger partial charge in [0, 0.05) is 18.8 Å². The third-order valence-electron chi connectivity index (χ3n) is 8.88. The Kier molecular flexibility index (Phi) is 4.39. The van der Waals surface area contributed by atoms with Crippen LogP contribution in [0.3, 0.4) is 0 Å². The quantitative estimate of drug-likeness (QED) is 0.500. The molecule has 0 unspecified atom stereocenters. The molecule has 4 nitrogen and oxygen atoms in total. The summed E-state index contributed by atoms with van der Waals surface area (Å²) in [5, 5.41) is 0. The Balaban J connectivity index is 1.79. The van der Waals surface area contributed by atoms with E-state index >= 15 is 0 Å². The van der Waals surface area contributed by atoms with E-state index in [0.29, 0.717) is 24.7 Å². The number of carbonyl (C=O) groups excluding carboxylic acids is 3. The number of ketones is 2. The third kappa shape index (κ3) is 2.47. The van der Waals surface area contributed by atoms with E-state index in [4.69, 9.17) is 4.74 Å². The van der Waals surface area contributed by atoms with Gasteiger partial charge in [0.05, 0.1) is 0 Å². The van der Waals surface area contributed by atoms with Crippen LogP contribution in [0.2, 0.25) is 0 Å². The van der Waals surface area contributed by atoms with Crippen LogP contribution in [-0.4, -0.2) is 23.1 Å². The molecule has 3 fully saturated rings. The molecule has 4 aliphatic carbocycles. The first-order valence-electron chi connectivity index (χ1n) is 10.8. The molecule has 0 aromatic heterocycles. The maximum atomic E-state index is 12.9. The molecule has 3 saturated carbocycles. The third-order valence-corrected chi connectivity index (χ3v) is 8.88. The maximum Gasteiger partial charge on any atom is 0.303 e. The summed E-state index contributed by atoms with van der Waals surface area (Å²) in [6, 6.07) is 0. The Bertz CT molecular complexity index is 879. The lowest BCUT2D eigenvalue weighted by Gasteiger charge is -2.59. The van der Waals surface area contributed by atoms with Gasteiger partial charge in [0.1, 0.15) is 0 Å². The summed E-state index contributed by atoms with van der Waals surface area (Å²) in [5.41, 5.74) is 1.22. The standard InChI is InChI=1S/C25H32O4/c1-14-11-19-20(23(5)9-7-18(28)13-21(14)23)8-10-24(6)22(19)12-15(2)25(24,16(3)26)29-17(4)27/h13,19-20,22H,1-2,7-12H2,3-6H3/t19-,20-,22+,23-,24+,25+/m1/s1. The van der Waals surface area contributed by atoms with Crippen LogP contribution in [0.5, 0.6) is 0 Å². The van der Waals surface area contributed by atoms with Crippen LogP contribution in [0.1, 0.15) is 66.2 Å². The zero-order chi connectivity index (χ0) is 21.4. The van der Waals surface area contributed by atoms with Gasteiger partial charge in [0.2, 0.25) is 0 Å². The average molecular weight is 397 g/mol. The first-order valence-corrected chi connectivity index (χ1v) is 10.8. The number of rotatable bonds is 2. The van der Waals surface area contributed by atoms with Crippen LogP contribution in [0.4, 0.5) is 0 Å². The number of ether oxygens (including phenoxy) is 1. The van der Waals surface area contributed by atoms with Gasteiger partial charge in [-0.2, -0.15) is 0 Å². The van der Waals surface area contributed by atoms with E-state index in [-0.39, 0.29) is 22.9 Å². The molecule has 0 bridgehead atoms. The second-order valence-electron chi connectivity index (χ2n) is 10.2. The molecule has 29 heavy (non-hydrogen) atoms. The minimum Gasteiger partial charge on any atom is -0.446 e. The number of Topliss-reactive ketones (excluding diaryl/α,β-unsaturated/α-hetero) is 1. The SMILES string of the molecule is C=C1C[C@@H]2[C@@H](CC[C@@]3(C)[C@H]2CC(=C)[C@]3(OC(C)=O)C(C)=O)[C@@]2(C)CCC(=O)C=C12. The predicted molar refractivity (Wildman–Crippen MR) is 111 cm³/mol. The van der Waals surface area contributed by atoms with Gasteiger partial charge in [0.15, 0.2) is 17.2 Å². The summed E-state index contributed by atoms with van der Waals surface area (Å²) in [5.74, 6) is 0.665. The van der Waals surface area contributed by atoms with Gasteiger partial charge in [-0.05, 0) is 79.4 Å². The van der Waals surface area contributed by atoms with Gasteiger partial charge in [0.25, 0.3) is 0 Å². The fourth-order valence-corrected chi connectivity index (χ4v) is 7.64. The molecule has 0 aromatic rings. The molecule has 156 valence electrons. The number of allylic oxidation sites excluding steroid dienone is 2. The van der Waals surface area contributed by atoms with Crippen molar-refractivity contribution in [2.24, 2.45) is 28.6 Å². The zero-order valence-electron chi connectivity index (χ0n) is 18.1. The average Bonchev–Trinajstić information content (AvgIpc) is 2.85. The number of fused-ring (bicyclic) bond motifs is 5. The minimum absolute atomic E-state index is 0.0422. The summed E-state index contributed by atoms with van der Waals surface area (Å²) >= 11 is 0. The first kappa shape index (κ1) is 20.3. The predicted octanol–water partition coefficient (Wildman–Crippen LogP) is 4.74.